The number of nitrogens with zero attached hydrogens (tertiary/aromatic N) is 1. The summed E-state index contributed by atoms with van der Waals surface area (Å²) in [5.41, 5.74) is 4.77. The molecule has 0 saturated carbocycles. The van der Waals surface area contributed by atoms with E-state index in [-0.39, 0.29) is 5.91 Å². The molecule has 0 bridgehead atoms. The lowest BCUT2D eigenvalue weighted by atomic mass is 10.1. The molecule has 3 rings (SSSR count). The predicted molar refractivity (Wildman–Crippen MR) is 91.6 cm³/mol. The second kappa shape index (κ2) is 6.86. The first-order valence-electron chi connectivity index (χ1n) is 8.22. The van der Waals surface area contributed by atoms with Gasteiger partial charge in [-0.3, -0.25) is 4.79 Å². The summed E-state index contributed by atoms with van der Waals surface area (Å²) < 4.78 is 5.51. The van der Waals surface area contributed by atoms with Crippen molar-refractivity contribution in [3.63, 3.8) is 0 Å². The Morgan fingerprint density at radius 3 is 2.52 bits per heavy atom. The van der Waals surface area contributed by atoms with Crippen LogP contribution in [-0.4, -0.2) is 24.5 Å². The summed E-state index contributed by atoms with van der Waals surface area (Å²) in [4.78, 5) is 14.2. The molecule has 0 N–H and O–H groups in total. The third kappa shape index (κ3) is 3.73. The number of rotatable bonds is 5. The zero-order valence-electron chi connectivity index (χ0n) is 13.8. The van der Waals surface area contributed by atoms with E-state index in [9.17, 15) is 4.79 Å². The summed E-state index contributed by atoms with van der Waals surface area (Å²) in [5.74, 6) is 1.11. The molecule has 3 heteroatoms. The van der Waals surface area contributed by atoms with E-state index in [1.165, 1.54) is 16.7 Å². The van der Waals surface area contributed by atoms with Crippen molar-refractivity contribution in [3.05, 3.63) is 64.7 Å². The van der Waals surface area contributed by atoms with Gasteiger partial charge < -0.3 is 9.64 Å². The van der Waals surface area contributed by atoms with Crippen molar-refractivity contribution in [2.45, 2.75) is 32.7 Å². The summed E-state index contributed by atoms with van der Waals surface area (Å²) in [6, 6.07) is 14.6. The van der Waals surface area contributed by atoms with Crippen LogP contribution in [0.4, 0.5) is 0 Å². The average molecular weight is 309 g/mol. The average Bonchev–Trinajstić information content (AvgIpc) is 3.03. The molecule has 0 aliphatic carbocycles. The van der Waals surface area contributed by atoms with Gasteiger partial charge in [-0.1, -0.05) is 43.3 Å². The fourth-order valence-corrected chi connectivity index (χ4v) is 2.90. The quantitative estimate of drug-likeness (QED) is 0.847. The minimum absolute atomic E-state index is 0.142. The molecule has 2 aromatic rings. The molecular weight excluding hydrogens is 286 g/mol. The molecule has 1 heterocycles. The van der Waals surface area contributed by atoms with Gasteiger partial charge in [0.15, 0.2) is 0 Å². The van der Waals surface area contributed by atoms with Crippen molar-refractivity contribution in [2.75, 3.05) is 13.7 Å². The number of carbonyl (C=O) groups is 1. The van der Waals surface area contributed by atoms with Gasteiger partial charge in [-0.05, 0) is 34.7 Å². The van der Waals surface area contributed by atoms with Crippen molar-refractivity contribution >= 4 is 5.91 Å². The highest BCUT2D eigenvalue weighted by atomic mass is 16.5. The van der Waals surface area contributed by atoms with Crippen LogP contribution in [0.1, 0.15) is 29.2 Å². The summed E-state index contributed by atoms with van der Waals surface area (Å²) in [7, 11) is 1.87. The molecule has 0 fully saturated rings. The van der Waals surface area contributed by atoms with Gasteiger partial charge in [0.25, 0.3) is 0 Å². The number of aryl methyl sites for hydroxylation is 1. The molecule has 0 unspecified atom stereocenters. The minimum Gasteiger partial charge on any atom is -0.493 e. The van der Waals surface area contributed by atoms with E-state index in [0.717, 1.165) is 30.8 Å². The van der Waals surface area contributed by atoms with E-state index in [4.69, 9.17) is 4.74 Å². The van der Waals surface area contributed by atoms with Crippen LogP contribution in [0.25, 0.3) is 0 Å². The zero-order chi connectivity index (χ0) is 16.2. The van der Waals surface area contributed by atoms with E-state index in [2.05, 4.69) is 37.3 Å². The van der Waals surface area contributed by atoms with Gasteiger partial charge in [0.2, 0.25) is 5.91 Å². The van der Waals surface area contributed by atoms with Crippen LogP contribution in [0.15, 0.2) is 42.5 Å². The zero-order valence-corrected chi connectivity index (χ0v) is 13.8. The number of hydrogen-bond donors (Lipinski definition) is 0. The Balaban J connectivity index is 1.60. The van der Waals surface area contributed by atoms with Crippen LogP contribution >= 0.6 is 0 Å². The number of benzene rings is 2. The van der Waals surface area contributed by atoms with Gasteiger partial charge in [-0.2, -0.15) is 0 Å². The van der Waals surface area contributed by atoms with Gasteiger partial charge >= 0.3 is 0 Å². The topological polar surface area (TPSA) is 29.5 Å². The van der Waals surface area contributed by atoms with Gasteiger partial charge in [0.05, 0.1) is 13.0 Å². The lowest BCUT2D eigenvalue weighted by Crippen LogP contribution is -2.27. The lowest BCUT2D eigenvalue weighted by molar-refractivity contribution is -0.129. The molecule has 1 aliphatic heterocycles. The van der Waals surface area contributed by atoms with Crippen molar-refractivity contribution in [3.8, 4) is 5.75 Å². The standard InChI is InChI=1S/C20H23NO2/c1-3-15-4-6-16(7-5-15)14-21(2)20(22)13-17-8-9-19-18(12-17)10-11-23-19/h4-9,12H,3,10-11,13-14H2,1-2H3. The Morgan fingerprint density at radius 2 is 1.78 bits per heavy atom. The molecule has 1 aliphatic rings. The first-order chi connectivity index (χ1) is 11.2. The van der Waals surface area contributed by atoms with Gasteiger partial charge in [0.1, 0.15) is 5.75 Å². The second-order valence-corrected chi connectivity index (χ2v) is 6.14. The lowest BCUT2D eigenvalue weighted by Gasteiger charge is -2.18. The molecular formula is C20H23NO2. The van der Waals surface area contributed by atoms with Crippen LogP contribution in [0.2, 0.25) is 0 Å². The first kappa shape index (κ1) is 15.6. The van der Waals surface area contributed by atoms with E-state index in [1.54, 1.807) is 4.90 Å². The van der Waals surface area contributed by atoms with Crippen LogP contribution in [0, 0.1) is 0 Å². The van der Waals surface area contributed by atoms with E-state index >= 15 is 0 Å². The SMILES string of the molecule is CCc1ccc(CN(C)C(=O)Cc2ccc3c(c2)CCO3)cc1. The number of hydrogen-bond acceptors (Lipinski definition) is 2. The fourth-order valence-electron chi connectivity index (χ4n) is 2.90. The molecule has 0 atom stereocenters. The van der Waals surface area contributed by atoms with E-state index in [1.807, 2.05) is 19.2 Å². The molecule has 0 saturated heterocycles. The number of likely N-dealkylation sites (N-methyl/N-ethyl adjacent to an activating group) is 1. The molecule has 23 heavy (non-hydrogen) atoms. The molecule has 2 aromatic carbocycles. The summed E-state index contributed by atoms with van der Waals surface area (Å²) in [6.07, 6.45) is 2.42. The van der Waals surface area contributed by atoms with Crippen molar-refractivity contribution < 1.29 is 9.53 Å². The smallest absolute Gasteiger partial charge is 0.227 e. The maximum Gasteiger partial charge on any atom is 0.227 e. The number of fused-ring (bicyclic) bond motifs is 1. The van der Waals surface area contributed by atoms with Crippen molar-refractivity contribution in [1.29, 1.82) is 0 Å². The number of amides is 1. The molecule has 0 radical (unpaired) electrons. The van der Waals surface area contributed by atoms with Gasteiger partial charge in [0, 0.05) is 20.0 Å². The third-order valence-corrected chi connectivity index (χ3v) is 4.39. The first-order valence-corrected chi connectivity index (χ1v) is 8.22. The molecule has 3 nitrogen and oxygen atoms in total. The largest absolute Gasteiger partial charge is 0.493 e. The van der Waals surface area contributed by atoms with E-state index in [0.29, 0.717) is 13.0 Å². The second-order valence-electron chi connectivity index (χ2n) is 6.14. The maximum atomic E-state index is 12.4. The highest BCUT2D eigenvalue weighted by Crippen LogP contribution is 2.26. The summed E-state index contributed by atoms with van der Waals surface area (Å²) >= 11 is 0. The van der Waals surface area contributed by atoms with Crippen molar-refractivity contribution in [2.24, 2.45) is 0 Å². The van der Waals surface area contributed by atoms with Crippen molar-refractivity contribution in [1.82, 2.24) is 4.90 Å². The third-order valence-electron chi connectivity index (χ3n) is 4.39. The van der Waals surface area contributed by atoms with Crippen LogP contribution < -0.4 is 4.74 Å². The number of carbonyl (C=O) groups excluding carboxylic acids is 1. The Labute approximate surface area is 137 Å². The molecule has 0 aromatic heterocycles. The Kier molecular flexibility index (Phi) is 4.65. The Hall–Kier alpha value is -2.29. The van der Waals surface area contributed by atoms with Gasteiger partial charge in [-0.25, -0.2) is 0 Å². The normalized spacial score (nSPS) is 12.6. The monoisotopic (exact) mass is 309 g/mol. The predicted octanol–water partition coefficient (Wildman–Crippen LogP) is 3.39. The molecule has 120 valence electrons. The number of ether oxygens (including phenoxy) is 1. The van der Waals surface area contributed by atoms with Crippen LogP contribution in [0.3, 0.4) is 0 Å². The minimum atomic E-state index is 0.142. The fraction of sp³-hybridized carbons (Fsp3) is 0.350. The summed E-state index contributed by atoms with van der Waals surface area (Å²) in [5, 5.41) is 0. The maximum absolute atomic E-state index is 12.4. The van der Waals surface area contributed by atoms with Crippen LogP contribution in [-0.2, 0) is 30.6 Å². The highest BCUT2D eigenvalue weighted by molar-refractivity contribution is 5.78. The van der Waals surface area contributed by atoms with Gasteiger partial charge in [-0.15, -0.1) is 0 Å². The molecule has 1 amide bonds. The highest BCUT2D eigenvalue weighted by Gasteiger charge is 2.15. The Morgan fingerprint density at radius 1 is 1.09 bits per heavy atom. The Bertz CT molecular complexity index is 691. The van der Waals surface area contributed by atoms with Crippen LogP contribution in [0.5, 0.6) is 5.75 Å². The molecule has 0 spiro atoms. The summed E-state index contributed by atoms with van der Waals surface area (Å²) in [6.45, 7) is 3.55. The van der Waals surface area contributed by atoms with E-state index < -0.39 is 0 Å².